The fourth-order valence-electron chi connectivity index (χ4n) is 8.34. The highest BCUT2D eigenvalue weighted by molar-refractivity contribution is 6.69. The fraction of sp³-hybridized carbons (Fsp3) is 0.826. The van der Waals surface area contributed by atoms with Crippen LogP contribution < -0.4 is 0 Å². The highest BCUT2D eigenvalue weighted by atomic mass is 28.4. The predicted molar refractivity (Wildman–Crippen MR) is 110 cm³/mol. The van der Waals surface area contributed by atoms with E-state index in [0.29, 0.717) is 5.92 Å². The van der Waals surface area contributed by atoms with E-state index in [-0.39, 0.29) is 41.2 Å². The first kappa shape index (κ1) is 19.8. The summed E-state index contributed by atoms with van der Waals surface area (Å²) in [5.41, 5.74) is -0.345. The summed E-state index contributed by atoms with van der Waals surface area (Å²) in [6.45, 7) is 13.1. The van der Waals surface area contributed by atoms with Crippen LogP contribution in [0.3, 0.4) is 0 Å². The van der Waals surface area contributed by atoms with Gasteiger partial charge in [0.2, 0.25) is 0 Å². The molecule has 6 heteroatoms. The van der Waals surface area contributed by atoms with Crippen LogP contribution in [0.2, 0.25) is 19.6 Å². The Hall–Kier alpha value is -1.14. The Morgan fingerprint density at radius 1 is 1.24 bits per heavy atom. The van der Waals surface area contributed by atoms with Crippen molar-refractivity contribution in [2.24, 2.45) is 34.5 Å². The van der Waals surface area contributed by atoms with Crippen molar-refractivity contribution >= 4 is 20.3 Å². The molecular weight excluding hydrogens is 384 g/mol. The van der Waals surface area contributed by atoms with Gasteiger partial charge in [0.05, 0.1) is 24.5 Å². The standard InChI is InChI=1S/C23H34O5Si/c1-13-14-8-9-15-22(12-14,18(13)28-29(4,5)6)16(19(24)26-3)17-21(2)10-7-11-23(15,17)27-20(21)25/h14-18H,1,7-12H2,2-6H3/t14-,15?,16-,17?,18-,21?,22-,23-/m1/s1. The van der Waals surface area contributed by atoms with Crippen molar-refractivity contribution in [2.45, 2.75) is 76.8 Å². The van der Waals surface area contributed by atoms with Crippen molar-refractivity contribution in [2.75, 3.05) is 7.11 Å². The highest BCUT2D eigenvalue weighted by Crippen LogP contribution is 2.78. The second kappa shape index (κ2) is 5.76. The molecule has 1 spiro atoms. The lowest BCUT2D eigenvalue weighted by atomic mass is 9.60. The summed E-state index contributed by atoms with van der Waals surface area (Å²) in [5, 5.41) is 0. The monoisotopic (exact) mass is 418 g/mol. The third kappa shape index (κ3) is 2.20. The Morgan fingerprint density at radius 3 is 2.62 bits per heavy atom. The second-order valence-corrected chi connectivity index (χ2v) is 15.9. The molecule has 0 aromatic carbocycles. The number of hydrogen-bond acceptors (Lipinski definition) is 5. The van der Waals surface area contributed by atoms with Gasteiger partial charge in [-0.15, -0.1) is 0 Å². The Labute approximate surface area is 174 Å². The summed E-state index contributed by atoms with van der Waals surface area (Å²) in [7, 11) is -0.409. The molecule has 4 bridgehead atoms. The minimum Gasteiger partial charge on any atom is -0.469 e. The molecule has 0 N–H and O–H groups in total. The number of hydrogen-bond donors (Lipinski definition) is 0. The van der Waals surface area contributed by atoms with Crippen LogP contribution in [-0.2, 0) is 23.5 Å². The minimum absolute atomic E-state index is 0.106. The quantitative estimate of drug-likeness (QED) is 0.393. The molecule has 5 fully saturated rings. The molecule has 8 atom stereocenters. The average Bonchev–Trinajstić information content (AvgIpc) is 3.06. The van der Waals surface area contributed by atoms with E-state index in [0.717, 1.165) is 44.1 Å². The fourth-order valence-corrected chi connectivity index (χ4v) is 9.42. The van der Waals surface area contributed by atoms with Crippen LogP contribution in [0, 0.1) is 34.5 Å². The number of fused-ring (bicyclic) bond motifs is 1. The van der Waals surface area contributed by atoms with E-state index in [1.807, 2.05) is 6.92 Å². The van der Waals surface area contributed by atoms with Gasteiger partial charge >= 0.3 is 11.9 Å². The predicted octanol–water partition coefficient (Wildman–Crippen LogP) is 4.08. The maximum Gasteiger partial charge on any atom is 0.312 e. The second-order valence-electron chi connectivity index (χ2n) is 11.4. The molecule has 29 heavy (non-hydrogen) atoms. The Bertz CT molecular complexity index is 802. The molecule has 0 amide bonds. The van der Waals surface area contributed by atoms with E-state index in [1.165, 1.54) is 7.11 Å². The summed E-state index contributed by atoms with van der Waals surface area (Å²) in [6.07, 6.45) is 5.42. The molecule has 0 radical (unpaired) electrons. The lowest BCUT2D eigenvalue weighted by Gasteiger charge is -2.47. The van der Waals surface area contributed by atoms with Crippen LogP contribution in [0.25, 0.3) is 0 Å². The number of rotatable bonds is 3. The smallest absolute Gasteiger partial charge is 0.312 e. The Balaban J connectivity index is 1.74. The lowest BCUT2D eigenvalue weighted by molar-refractivity contribution is -0.165. The molecule has 160 valence electrons. The molecule has 1 heterocycles. The topological polar surface area (TPSA) is 61.8 Å². The Kier molecular flexibility index (Phi) is 3.93. The summed E-state index contributed by atoms with van der Waals surface area (Å²) < 4.78 is 18.6. The lowest BCUT2D eigenvalue weighted by Crippen LogP contribution is -2.51. The number of methoxy groups -OCH3 is 1. The van der Waals surface area contributed by atoms with Gasteiger partial charge in [-0.1, -0.05) is 6.58 Å². The molecule has 4 saturated carbocycles. The van der Waals surface area contributed by atoms with Crippen molar-refractivity contribution in [3.05, 3.63) is 12.2 Å². The molecule has 1 saturated heterocycles. The zero-order valence-electron chi connectivity index (χ0n) is 18.4. The van der Waals surface area contributed by atoms with Crippen molar-refractivity contribution < 1.29 is 23.5 Å². The molecule has 0 aromatic heterocycles. The third-order valence-corrected chi connectivity index (χ3v) is 10.00. The van der Waals surface area contributed by atoms with Gasteiger partial charge in [-0.3, -0.25) is 9.59 Å². The minimum atomic E-state index is -1.89. The van der Waals surface area contributed by atoms with Gasteiger partial charge in [-0.25, -0.2) is 0 Å². The number of carbonyl (C=O) groups excluding carboxylic acids is 2. The summed E-state index contributed by atoms with van der Waals surface area (Å²) >= 11 is 0. The summed E-state index contributed by atoms with van der Waals surface area (Å²) in [4.78, 5) is 26.5. The van der Waals surface area contributed by atoms with Crippen molar-refractivity contribution in [3.63, 3.8) is 0 Å². The first-order valence-corrected chi connectivity index (χ1v) is 14.6. The van der Waals surface area contributed by atoms with Crippen LogP contribution in [0.15, 0.2) is 12.2 Å². The van der Waals surface area contributed by atoms with Gasteiger partial charge in [0.1, 0.15) is 5.60 Å². The van der Waals surface area contributed by atoms with Gasteiger partial charge in [-0.05, 0) is 76.6 Å². The third-order valence-electron chi connectivity index (χ3n) is 9.06. The Morgan fingerprint density at radius 2 is 1.97 bits per heavy atom. The molecule has 0 aromatic rings. The van der Waals surface area contributed by atoms with E-state index in [9.17, 15) is 9.59 Å². The molecule has 5 nitrogen and oxygen atoms in total. The van der Waals surface area contributed by atoms with E-state index in [4.69, 9.17) is 13.9 Å². The van der Waals surface area contributed by atoms with Crippen molar-refractivity contribution in [3.8, 4) is 0 Å². The van der Waals surface area contributed by atoms with Gasteiger partial charge in [-0.2, -0.15) is 0 Å². The van der Waals surface area contributed by atoms with Gasteiger partial charge in [0.25, 0.3) is 0 Å². The summed E-state index contributed by atoms with van der Waals surface area (Å²) in [6, 6.07) is 0. The average molecular weight is 419 g/mol. The molecule has 5 aliphatic rings. The van der Waals surface area contributed by atoms with E-state index in [2.05, 4.69) is 26.2 Å². The van der Waals surface area contributed by atoms with E-state index >= 15 is 0 Å². The first-order chi connectivity index (χ1) is 13.5. The van der Waals surface area contributed by atoms with Gasteiger partial charge < -0.3 is 13.9 Å². The van der Waals surface area contributed by atoms with E-state index < -0.39 is 19.3 Å². The van der Waals surface area contributed by atoms with Crippen LogP contribution in [0.4, 0.5) is 0 Å². The molecule has 3 unspecified atom stereocenters. The largest absolute Gasteiger partial charge is 0.469 e. The van der Waals surface area contributed by atoms with Crippen molar-refractivity contribution in [1.82, 2.24) is 0 Å². The first-order valence-electron chi connectivity index (χ1n) is 11.2. The van der Waals surface area contributed by atoms with Crippen molar-refractivity contribution in [1.29, 1.82) is 0 Å². The van der Waals surface area contributed by atoms with E-state index in [1.54, 1.807) is 0 Å². The molecular formula is C23H34O5Si. The molecule has 4 aliphatic carbocycles. The van der Waals surface area contributed by atoms with Gasteiger partial charge in [0.15, 0.2) is 8.32 Å². The SMILES string of the molecule is C=C1[C@@H]2CCC3[C@@]45CCCC(C)(C(=O)O4)C5[C@H](C(=O)OC)[C@]3(C2)[C@@H]1O[Si](C)(C)C. The highest BCUT2D eigenvalue weighted by Gasteiger charge is 2.83. The normalized spacial score (nSPS) is 50.2. The molecule has 5 rings (SSSR count). The van der Waals surface area contributed by atoms with Crippen LogP contribution >= 0.6 is 0 Å². The van der Waals surface area contributed by atoms with Crippen LogP contribution in [0.5, 0.6) is 0 Å². The number of carbonyl (C=O) groups is 2. The zero-order valence-corrected chi connectivity index (χ0v) is 19.4. The molecule has 1 aliphatic heterocycles. The van der Waals surface area contributed by atoms with Gasteiger partial charge in [0, 0.05) is 17.3 Å². The number of esters is 2. The maximum absolute atomic E-state index is 13.4. The summed E-state index contributed by atoms with van der Waals surface area (Å²) in [5.74, 6) is -0.243. The zero-order chi connectivity index (χ0) is 21.0. The van der Waals surface area contributed by atoms with Crippen LogP contribution in [0.1, 0.15) is 45.4 Å². The van der Waals surface area contributed by atoms with Crippen LogP contribution in [-0.4, -0.2) is 39.1 Å². The number of ether oxygens (including phenoxy) is 2. The maximum atomic E-state index is 13.4.